The van der Waals surface area contributed by atoms with Crippen molar-refractivity contribution >= 4 is 17.4 Å². The molecule has 4 heteroatoms. The fourth-order valence-electron chi connectivity index (χ4n) is 1.63. The Kier molecular flexibility index (Phi) is 3.22. The van der Waals surface area contributed by atoms with Crippen LogP contribution in [0.4, 0.5) is 5.82 Å². The lowest BCUT2D eigenvalue weighted by atomic mass is 10.3. The monoisotopic (exact) mass is 211 g/mol. The predicted octanol–water partition coefficient (Wildman–Crippen LogP) is 1.53. The standard InChI is InChI=1S/C10H14ClN3/c11-9-2-3-10(13-8-9)14-6-1-4-12-5-7-14/h2-3,8,12H,1,4-7H2. The lowest BCUT2D eigenvalue weighted by Crippen LogP contribution is -2.28. The van der Waals surface area contributed by atoms with Crippen LogP contribution in [-0.4, -0.2) is 31.2 Å². The van der Waals surface area contributed by atoms with E-state index >= 15 is 0 Å². The van der Waals surface area contributed by atoms with E-state index in [9.17, 15) is 0 Å². The number of anilines is 1. The highest BCUT2D eigenvalue weighted by molar-refractivity contribution is 6.30. The van der Waals surface area contributed by atoms with Crippen molar-refractivity contribution in [3.05, 3.63) is 23.4 Å². The lowest BCUT2D eigenvalue weighted by Gasteiger charge is -2.20. The number of halogens is 1. The number of nitrogens with one attached hydrogen (secondary N) is 1. The van der Waals surface area contributed by atoms with Crippen LogP contribution < -0.4 is 10.2 Å². The van der Waals surface area contributed by atoms with Crippen molar-refractivity contribution in [3.63, 3.8) is 0 Å². The largest absolute Gasteiger partial charge is 0.355 e. The number of nitrogens with zero attached hydrogens (tertiary/aromatic N) is 2. The van der Waals surface area contributed by atoms with Crippen molar-refractivity contribution in [2.45, 2.75) is 6.42 Å². The molecule has 0 atom stereocenters. The van der Waals surface area contributed by atoms with E-state index in [0.29, 0.717) is 5.02 Å². The summed E-state index contributed by atoms with van der Waals surface area (Å²) < 4.78 is 0. The van der Waals surface area contributed by atoms with Gasteiger partial charge in [0.2, 0.25) is 0 Å². The van der Waals surface area contributed by atoms with Gasteiger partial charge in [-0.3, -0.25) is 0 Å². The van der Waals surface area contributed by atoms with Gasteiger partial charge in [-0.2, -0.15) is 0 Å². The summed E-state index contributed by atoms with van der Waals surface area (Å²) in [6, 6.07) is 3.87. The maximum Gasteiger partial charge on any atom is 0.128 e. The molecule has 3 nitrogen and oxygen atoms in total. The number of pyridine rings is 1. The van der Waals surface area contributed by atoms with Gasteiger partial charge in [0.25, 0.3) is 0 Å². The van der Waals surface area contributed by atoms with Crippen molar-refractivity contribution in [2.75, 3.05) is 31.1 Å². The molecule has 0 saturated carbocycles. The molecule has 1 aliphatic rings. The molecular weight excluding hydrogens is 198 g/mol. The number of hydrogen-bond acceptors (Lipinski definition) is 3. The summed E-state index contributed by atoms with van der Waals surface area (Å²) in [5.41, 5.74) is 0. The van der Waals surface area contributed by atoms with Crippen LogP contribution in [0.3, 0.4) is 0 Å². The maximum atomic E-state index is 5.79. The van der Waals surface area contributed by atoms with Gasteiger partial charge in [0, 0.05) is 25.8 Å². The third kappa shape index (κ3) is 2.36. The minimum atomic E-state index is 0.696. The number of aromatic nitrogens is 1. The van der Waals surface area contributed by atoms with Crippen LogP contribution in [0, 0.1) is 0 Å². The number of rotatable bonds is 1. The van der Waals surface area contributed by atoms with Crippen LogP contribution >= 0.6 is 11.6 Å². The molecule has 0 unspecified atom stereocenters. The molecule has 1 N–H and O–H groups in total. The molecule has 1 saturated heterocycles. The smallest absolute Gasteiger partial charge is 0.128 e. The van der Waals surface area contributed by atoms with E-state index < -0.39 is 0 Å². The van der Waals surface area contributed by atoms with Crippen LogP contribution in [0.2, 0.25) is 5.02 Å². The van der Waals surface area contributed by atoms with Crippen LogP contribution in [0.15, 0.2) is 18.3 Å². The quantitative estimate of drug-likeness (QED) is 0.764. The van der Waals surface area contributed by atoms with Crippen molar-refractivity contribution in [1.82, 2.24) is 10.3 Å². The first-order valence-corrected chi connectivity index (χ1v) is 5.31. The van der Waals surface area contributed by atoms with Crippen molar-refractivity contribution < 1.29 is 0 Å². The normalized spacial score (nSPS) is 17.9. The van der Waals surface area contributed by atoms with Crippen molar-refractivity contribution in [3.8, 4) is 0 Å². The van der Waals surface area contributed by atoms with E-state index in [1.807, 2.05) is 12.1 Å². The minimum absolute atomic E-state index is 0.696. The maximum absolute atomic E-state index is 5.79. The molecule has 0 bridgehead atoms. The second kappa shape index (κ2) is 4.62. The molecule has 0 amide bonds. The van der Waals surface area contributed by atoms with E-state index in [1.54, 1.807) is 6.20 Å². The Balaban J connectivity index is 2.08. The summed E-state index contributed by atoms with van der Waals surface area (Å²) in [7, 11) is 0. The molecule has 1 fully saturated rings. The molecule has 2 rings (SSSR count). The Morgan fingerprint density at radius 1 is 1.29 bits per heavy atom. The fraction of sp³-hybridized carbons (Fsp3) is 0.500. The summed E-state index contributed by atoms with van der Waals surface area (Å²) in [4.78, 5) is 6.60. The van der Waals surface area contributed by atoms with Crippen molar-refractivity contribution in [2.24, 2.45) is 0 Å². The third-order valence-electron chi connectivity index (χ3n) is 2.38. The summed E-state index contributed by atoms with van der Waals surface area (Å²) in [6.45, 7) is 4.23. The highest BCUT2D eigenvalue weighted by atomic mass is 35.5. The molecule has 76 valence electrons. The molecule has 1 aromatic heterocycles. The van der Waals surface area contributed by atoms with E-state index in [4.69, 9.17) is 11.6 Å². The van der Waals surface area contributed by atoms with Gasteiger partial charge in [-0.25, -0.2) is 4.98 Å². The average Bonchev–Trinajstić information content (AvgIpc) is 2.47. The van der Waals surface area contributed by atoms with E-state index in [-0.39, 0.29) is 0 Å². The van der Waals surface area contributed by atoms with E-state index in [2.05, 4.69) is 15.2 Å². The van der Waals surface area contributed by atoms with Gasteiger partial charge in [0.05, 0.1) is 5.02 Å². The first kappa shape index (κ1) is 9.74. The Labute approximate surface area is 89.1 Å². The minimum Gasteiger partial charge on any atom is -0.355 e. The van der Waals surface area contributed by atoms with Crippen molar-refractivity contribution in [1.29, 1.82) is 0 Å². The number of hydrogen-bond donors (Lipinski definition) is 1. The predicted molar refractivity (Wildman–Crippen MR) is 58.9 cm³/mol. The first-order valence-electron chi connectivity index (χ1n) is 4.93. The topological polar surface area (TPSA) is 28.2 Å². The fourth-order valence-corrected chi connectivity index (χ4v) is 1.74. The third-order valence-corrected chi connectivity index (χ3v) is 2.60. The second-order valence-corrected chi connectivity index (χ2v) is 3.86. The van der Waals surface area contributed by atoms with Gasteiger partial charge >= 0.3 is 0 Å². The molecular formula is C10H14ClN3. The molecule has 1 aromatic rings. The summed E-state index contributed by atoms with van der Waals surface area (Å²) >= 11 is 5.79. The zero-order chi connectivity index (χ0) is 9.80. The highest BCUT2D eigenvalue weighted by Crippen LogP contribution is 2.14. The van der Waals surface area contributed by atoms with Gasteiger partial charge in [0.15, 0.2) is 0 Å². The zero-order valence-corrected chi connectivity index (χ0v) is 8.80. The SMILES string of the molecule is Clc1ccc(N2CCCNCC2)nc1. The Hall–Kier alpha value is -0.800. The van der Waals surface area contributed by atoms with Crippen LogP contribution in [-0.2, 0) is 0 Å². The van der Waals surface area contributed by atoms with Gasteiger partial charge in [-0.15, -0.1) is 0 Å². The Bertz CT molecular complexity index is 278. The molecule has 0 radical (unpaired) electrons. The summed E-state index contributed by atoms with van der Waals surface area (Å²) in [5.74, 6) is 1.03. The van der Waals surface area contributed by atoms with E-state index in [1.165, 1.54) is 6.42 Å². The highest BCUT2D eigenvalue weighted by Gasteiger charge is 2.09. The zero-order valence-electron chi connectivity index (χ0n) is 8.04. The lowest BCUT2D eigenvalue weighted by molar-refractivity contribution is 0.724. The van der Waals surface area contributed by atoms with Crippen LogP contribution in [0.1, 0.15) is 6.42 Å². The van der Waals surface area contributed by atoms with Gasteiger partial charge in [-0.1, -0.05) is 11.6 Å². The molecule has 1 aliphatic heterocycles. The van der Waals surface area contributed by atoms with Crippen LogP contribution in [0.5, 0.6) is 0 Å². The molecule has 2 heterocycles. The Morgan fingerprint density at radius 2 is 2.21 bits per heavy atom. The molecule has 0 aliphatic carbocycles. The first-order chi connectivity index (χ1) is 6.86. The second-order valence-electron chi connectivity index (χ2n) is 3.43. The van der Waals surface area contributed by atoms with Gasteiger partial charge in [0.1, 0.15) is 5.82 Å². The van der Waals surface area contributed by atoms with Gasteiger partial charge < -0.3 is 10.2 Å². The molecule has 0 spiro atoms. The Morgan fingerprint density at radius 3 is 3.00 bits per heavy atom. The van der Waals surface area contributed by atoms with Gasteiger partial charge in [-0.05, 0) is 25.1 Å². The average molecular weight is 212 g/mol. The summed E-state index contributed by atoms with van der Waals surface area (Å²) in [6.07, 6.45) is 2.87. The van der Waals surface area contributed by atoms with E-state index in [0.717, 1.165) is 32.0 Å². The summed E-state index contributed by atoms with van der Waals surface area (Å²) in [5, 5.41) is 4.06. The molecule has 0 aromatic carbocycles. The van der Waals surface area contributed by atoms with Crippen LogP contribution in [0.25, 0.3) is 0 Å². The molecule has 14 heavy (non-hydrogen) atoms.